The molecule has 0 saturated carbocycles. The van der Waals surface area contributed by atoms with Gasteiger partial charge in [0.1, 0.15) is 5.82 Å². The van der Waals surface area contributed by atoms with Gasteiger partial charge in [-0.25, -0.2) is 4.39 Å². The van der Waals surface area contributed by atoms with Crippen molar-refractivity contribution < 1.29 is 9.13 Å². The maximum Gasteiger partial charge on any atom is 0.123 e. The molecule has 1 N–H and O–H groups in total. The number of hydrogen-bond acceptors (Lipinski definition) is 2. The van der Waals surface area contributed by atoms with Gasteiger partial charge in [-0.2, -0.15) is 0 Å². The van der Waals surface area contributed by atoms with E-state index in [1.165, 1.54) is 6.07 Å². The van der Waals surface area contributed by atoms with E-state index >= 15 is 0 Å². The lowest BCUT2D eigenvalue weighted by Gasteiger charge is -2.30. The molecule has 16 heavy (non-hydrogen) atoms. The fraction of sp³-hybridized carbons (Fsp3) is 0.538. The average molecular weight is 223 g/mol. The predicted octanol–water partition coefficient (Wildman–Crippen LogP) is 2.57. The van der Waals surface area contributed by atoms with Crippen LogP contribution >= 0.6 is 0 Å². The van der Waals surface area contributed by atoms with Crippen LogP contribution in [-0.2, 0) is 4.74 Å². The van der Waals surface area contributed by atoms with E-state index in [0.717, 1.165) is 30.6 Å². The van der Waals surface area contributed by atoms with Crippen LogP contribution in [0.4, 0.5) is 4.39 Å². The van der Waals surface area contributed by atoms with Gasteiger partial charge in [0.25, 0.3) is 0 Å². The Labute approximate surface area is 95.8 Å². The van der Waals surface area contributed by atoms with Gasteiger partial charge in [-0.05, 0) is 50.1 Å². The van der Waals surface area contributed by atoms with Gasteiger partial charge in [0, 0.05) is 12.6 Å². The largest absolute Gasteiger partial charge is 0.373 e. The Bertz CT molecular complexity index is 367. The lowest BCUT2D eigenvalue weighted by atomic mass is 9.94. The summed E-state index contributed by atoms with van der Waals surface area (Å²) in [6.45, 7) is 2.71. The van der Waals surface area contributed by atoms with E-state index < -0.39 is 0 Å². The molecule has 1 aromatic rings. The van der Waals surface area contributed by atoms with E-state index in [-0.39, 0.29) is 11.9 Å². The zero-order valence-corrected chi connectivity index (χ0v) is 9.79. The van der Waals surface area contributed by atoms with Gasteiger partial charge < -0.3 is 10.1 Å². The molecule has 0 bridgehead atoms. The highest BCUT2D eigenvalue weighted by molar-refractivity contribution is 5.29. The molecule has 2 atom stereocenters. The van der Waals surface area contributed by atoms with E-state index in [1.54, 1.807) is 6.07 Å². The van der Waals surface area contributed by atoms with Crippen LogP contribution in [0.15, 0.2) is 18.2 Å². The van der Waals surface area contributed by atoms with Crippen molar-refractivity contribution in [1.29, 1.82) is 0 Å². The summed E-state index contributed by atoms with van der Waals surface area (Å²) in [6.07, 6.45) is 2.11. The van der Waals surface area contributed by atoms with Crippen LogP contribution < -0.4 is 5.32 Å². The second-order valence-corrected chi connectivity index (χ2v) is 4.37. The Balaban J connectivity index is 2.16. The van der Waals surface area contributed by atoms with Crippen LogP contribution in [0.25, 0.3) is 0 Å². The molecule has 3 heteroatoms. The van der Waals surface area contributed by atoms with Gasteiger partial charge >= 0.3 is 0 Å². The highest BCUT2D eigenvalue weighted by atomic mass is 19.1. The van der Waals surface area contributed by atoms with E-state index in [9.17, 15) is 4.39 Å². The summed E-state index contributed by atoms with van der Waals surface area (Å²) >= 11 is 0. The number of nitrogens with one attached hydrogen (secondary N) is 1. The minimum absolute atomic E-state index is 0.104. The summed E-state index contributed by atoms with van der Waals surface area (Å²) in [5, 5.41) is 3.28. The highest BCUT2D eigenvalue weighted by Crippen LogP contribution is 2.30. The van der Waals surface area contributed by atoms with E-state index in [2.05, 4.69) is 5.32 Å². The third kappa shape index (κ3) is 2.42. The first-order chi connectivity index (χ1) is 7.70. The minimum Gasteiger partial charge on any atom is -0.373 e. The van der Waals surface area contributed by atoms with Crippen molar-refractivity contribution in [1.82, 2.24) is 5.32 Å². The van der Waals surface area contributed by atoms with Gasteiger partial charge in [-0.15, -0.1) is 0 Å². The molecule has 1 heterocycles. The lowest BCUT2D eigenvalue weighted by Crippen LogP contribution is -2.33. The summed E-state index contributed by atoms with van der Waals surface area (Å²) in [5.74, 6) is -0.178. The van der Waals surface area contributed by atoms with Crippen molar-refractivity contribution in [3.8, 4) is 0 Å². The molecule has 1 fully saturated rings. The molecule has 2 rings (SSSR count). The molecule has 2 nitrogen and oxygen atoms in total. The second kappa shape index (κ2) is 4.93. The normalized spacial score (nSPS) is 25.7. The summed E-state index contributed by atoms with van der Waals surface area (Å²) in [4.78, 5) is 0. The summed E-state index contributed by atoms with van der Waals surface area (Å²) in [6, 6.07) is 5.42. The van der Waals surface area contributed by atoms with Gasteiger partial charge in [-0.3, -0.25) is 0 Å². The molecule has 1 aliphatic rings. The Morgan fingerprint density at radius 2 is 2.25 bits per heavy atom. The predicted molar refractivity (Wildman–Crippen MR) is 61.9 cm³/mol. The van der Waals surface area contributed by atoms with Crippen LogP contribution in [0.3, 0.4) is 0 Å². The summed E-state index contributed by atoms with van der Waals surface area (Å²) in [7, 11) is 1.98. The van der Waals surface area contributed by atoms with Crippen LogP contribution in [0.1, 0.15) is 30.1 Å². The molecule has 1 saturated heterocycles. The molecular formula is C13H18FNO. The van der Waals surface area contributed by atoms with Crippen LogP contribution in [0.2, 0.25) is 0 Å². The lowest BCUT2D eigenvalue weighted by molar-refractivity contribution is 0.00117. The summed E-state index contributed by atoms with van der Waals surface area (Å²) < 4.78 is 18.8. The van der Waals surface area contributed by atoms with Gasteiger partial charge in [0.15, 0.2) is 0 Å². The summed E-state index contributed by atoms with van der Waals surface area (Å²) in [5.41, 5.74) is 2.09. The third-order valence-electron chi connectivity index (χ3n) is 3.27. The second-order valence-electron chi connectivity index (χ2n) is 4.37. The monoisotopic (exact) mass is 223 g/mol. The molecule has 2 unspecified atom stereocenters. The number of aryl methyl sites for hydroxylation is 1. The maximum absolute atomic E-state index is 13.0. The van der Waals surface area contributed by atoms with Crippen molar-refractivity contribution in [2.75, 3.05) is 13.7 Å². The Morgan fingerprint density at radius 1 is 1.44 bits per heavy atom. The van der Waals surface area contributed by atoms with E-state index in [1.807, 2.05) is 20.0 Å². The standard InChI is InChI=1S/C13H18FNO/c1-9-7-10(14)3-4-12(9)13-8-11(15-2)5-6-16-13/h3-4,7,11,13,15H,5-6,8H2,1-2H3. The van der Waals surface area contributed by atoms with Crippen molar-refractivity contribution in [3.05, 3.63) is 35.1 Å². The molecule has 0 amide bonds. The Kier molecular flexibility index (Phi) is 3.56. The molecule has 88 valence electrons. The molecular weight excluding hydrogens is 205 g/mol. The van der Waals surface area contributed by atoms with Gasteiger partial charge in [0.05, 0.1) is 6.10 Å². The number of benzene rings is 1. The van der Waals surface area contributed by atoms with Gasteiger partial charge in [0.2, 0.25) is 0 Å². The number of rotatable bonds is 2. The van der Waals surface area contributed by atoms with Gasteiger partial charge in [-0.1, -0.05) is 6.07 Å². The van der Waals surface area contributed by atoms with E-state index in [4.69, 9.17) is 4.74 Å². The highest BCUT2D eigenvalue weighted by Gasteiger charge is 2.23. The zero-order valence-electron chi connectivity index (χ0n) is 9.79. The molecule has 1 aromatic carbocycles. The molecule has 0 spiro atoms. The number of ether oxygens (including phenoxy) is 1. The molecule has 1 aliphatic heterocycles. The molecule has 0 aliphatic carbocycles. The Morgan fingerprint density at radius 3 is 2.94 bits per heavy atom. The maximum atomic E-state index is 13.0. The first-order valence-electron chi connectivity index (χ1n) is 5.75. The van der Waals surface area contributed by atoms with Crippen molar-refractivity contribution in [3.63, 3.8) is 0 Å². The Hall–Kier alpha value is -0.930. The fourth-order valence-electron chi connectivity index (χ4n) is 2.28. The molecule has 0 radical (unpaired) electrons. The van der Waals surface area contributed by atoms with E-state index in [0.29, 0.717) is 6.04 Å². The number of halogens is 1. The van der Waals surface area contributed by atoms with Crippen molar-refractivity contribution in [2.24, 2.45) is 0 Å². The van der Waals surface area contributed by atoms with Crippen LogP contribution in [-0.4, -0.2) is 19.7 Å². The zero-order chi connectivity index (χ0) is 11.5. The first-order valence-corrected chi connectivity index (χ1v) is 5.75. The smallest absolute Gasteiger partial charge is 0.123 e. The van der Waals surface area contributed by atoms with Crippen LogP contribution in [0.5, 0.6) is 0 Å². The SMILES string of the molecule is CNC1CCOC(c2ccc(F)cc2C)C1. The average Bonchev–Trinajstić information content (AvgIpc) is 2.29. The third-order valence-corrected chi connectivity index (χ3v) is 3.27. The van der Waals surface area contributed by atoms with Crippen molar-refractivity contribution >= 4 is 0 Å². The van der Waals surface area contributed by atoms with Crippen molar-refractivity contribution in [2.45, 2.75) is 31.9 Å². The fourth-order valence-corrected chi connectivity index (χ4v) is 2.28. The topological polar surface area (TPSA) is 21.3 Å². The minimum atomic E-state index is -0.178. The van der Waals surface area contributed by atoms with Crippen LogP contribution in [0, 0.1) is 12.7 Å². The molecule has 0 aromatic heterocycles. The first kappa shape index (κ1) is 11.6. The number of hydrogen-bond donors (Lipinski definition) is 1. The quantitative estimate of drug-likeness (QED) is 0.832.